The molecule has 0 saturated carbocycles. The molecule has 1 heterocycles. The highest BCUT2D eigenvalue weighted by Gasteiger charge is 2.06. The lowest BCUT2D eigenvalue weighted by Gasteiger charge is -2.10. The molecule has 0 N–H and O–H groups in total. The maximum atomic E-state index is 13.0. The monoisotopic (exact) mass is 315 g/mol. The first kappa shape index (κ1) is 14.5. The van der Waals surface area contributed by atoms with Gasteiger partial charge in [-0.25, -0.2) is 12.8 Å². The molecule has 0 saturated heterocycles. The van der Waals surface area contributed by atoms with E-state index < -0.39 is 10.7 Å². The molecule has 3 rings (SSSR count). The van der Waals surface area contributed by atoms with Gasteiger partial charge < -0.3 is 4.57 Å². The summed E-state index contributed by atoms with van der Waals surface area (Å²) in [5.74, 6) is -0.218. The second-order valence-electron chi connectivity index (χ2n) is 4.93. The lowest BCUT2D eigenvalue weighted by molar-refractivity contribution is 0.614. The van der Waals surface area contributed by atoms with Crippen molar-refractivity contribution < 1.29 is 12.8 Å². The second-order valence-corrected chi connectivity index (χ2v) is 5.91. The summed E-state index contributed by atoms with van der Waals surface area (Å²) in [4.78, 5) is 0. The average molecular weight is 315 g/mol. The predicted molar refractivity (Wildman–Crippen MR) is 85.2 cm³/mol. The molecule has 3 aromatic rings. The van der Waals surface area contributed by atoms with Gasteiger partial charge >= 0.3 is 0 Å². The molecule has 112 valence electrons. The Bertz CT molecular complexity index is 841. The lowest BCUT2D eigenvalue weighted by atomic mass is 10.1. The fourth-order valence-electron chi connectivity index (χ4n) is 2.37. The van der Waals surface area contributed by atoms with E-state index in [1.54, 1.807) is 24.3 Å². The maximum absolute atomic E-state index is 13.0. The highest BCUT2D eigenvalue weighted by atomic mass is 32.2. The summed E-state index contributed by atoms with van der Waals surface area (Å²) in [6, 6.07) is 17.6. The first-order valence-electron chi connectivity index (χ1n) is 6.78. The van der Waals surface area contributed by atoms with Crippen molar-refractivity contribution in [2.24, 2.45) is 0 Å². The molecule has 0 fully saturated rings. The first-order chi connectivity index (χ1) is 10.6. The van der Waals surface area contributed by atoms with E-state index in [9.17, 15) is 12.8 Å². The van der Waals surface area contributed by atoms with Crippen molar-refractivity contribution in [1.82, 2.24) is 4.57 Å². The van der Waals surface area contributed by atoms with E-state index in [1.807, 2.05) is 35.0 Å². The van der Waals surface area contributed by atoms with Crippen molar-refractivity contribution in [3.63, 3.8) is 0 Å². The van der Waals surface area contributed by atoms with Crippen LogP contribution in [0.15, 0.2) is 66.9 Å². The minimum atomic E-state index is -2.42. The standard InChI is InChI=1S/C17H14FNO2S/c18-15-7-5-14(6-8-15)17-2-1-11-19(17)16-9-3-13(4-10-16)12-22(20)21/h1-11,22H,12H2. The van der Waals surface area contributed by atoms with Crippen LogP contribution in [0.3, 0.4) is 0 Å². The van der Waals surface area contributed by atoms with Gasteiger partial charge in [0, 0.05) is 11.9 Å². The predicted octanol–water partition coefficient (Wildman–Crippen LogP) is 3.39. The Morgan fingerprint density at radius 3 is 2.23 bits per heavy atom. The molecule has 3 nitrogen and oxygen atoms in total. The molecule has 22 heavy (non-hydrogen) atoms. The Morgan fingerprint density at radius 2 is 1.59 bits per heavy atom. The molecule has 0 atom stereocenters. The lowest BCUT2D eigenvalue weighted by Crippen LogP contribution is -1.96. The van der Waals surface area contributed by atoms with Crippen LogP contribution in [-0.2, 0) is 16.5 Å². The zero-order chi connectivity index (χ0) is 15.5. The van der Waals surface area contributed by atoms with Crippen molar-refractivity contribution in [3.8, 4) is 16.9 Å². The van der Waals surface area contributed by atoms with Crippen LogP contribution in [0.4, 0.5) is 4.39 Å². The highest BCUT2D eigenvalue weighted by Crippen LogP contribution is 2.24. The van der Waals surface area contributed by atoms with Gasteiger partial charge in [-0.1, -0.05) is 12.1 Å². The summed E-state index contributed by atoms with van der Waals surface area (Å²) in [6.45, 7) is 0. The third-order valence-electron chi connectivity index (χ3n) is 3.41. The van der Waals surface area contributed by atoms with Crippen LogP contribution in [0, 0.1) is 5.82 Å². The third kappa shape index (κ3) is 3.09. The third-order valence-corrected chi connectivity index (χ3v) is 4.04. The number of aromatic nitrogens is 1. The van der Waals surface area contributed by atoms with E-state index in [-0.39, 0.29) is 11.6 Å². The van der Waals surface area contributed by atoms with Gasteiger partial charge in [-0.05, 0) is 59.7 Å². The fraction of sp³-hybridized carbons (Fsp3) is 0.0588. The number of thiol groups is 1. The summed E-state index contributed by atoms with van der Waals surface area (Å²) in [6.07, 6.45) is 1.92. The van der Waals surface area contributed by atoms with Crippen molar-refractivity contribution in [1.29, 1.82) is 0 Å². The van der Waals surface area contributed by atoms with Crippen molar-refractivity contribution in [2.75, 3.05) is 0 Å². The Kier molecular flexibility index (Phi) is 4.06. The van der Waals surface area contributed by atoms with Crippen LogP contribution in [0.25, 0.3) is 16.9 Å². The van der Waals surface area contributed by atoms with E-state index in [2.05, 4.69) is 0 Å². The summed E-state index contributed by atoms with van der Waals surface area (Å²) in [5.41, 5.74) is 3.55. The molecule has 1 aromatic heterocycles. The summed E-state index contributed by atoms with van der Waals surface area (Å²) in [7, 11) is -2.42. The Labute approximate surface area is 129 Å². The zero-order valence-electron chi connectivity index (χ0n) is 11.6. The molecular weight excluding hydrogens is 301 g/mol. The second kappa shape index (κ2) is 6.15. The minimum Gasteiger partial charge on any atom is -0.317 e. The largest absolute Gasteiger partial charge is 0.317 e. The summed E-state index contributed by atoms with van der Waals surface area (Å²) in [5, 5.41) is 0. The number of hydrogen-bond donors (Lipinski definition) is 1. The Hall–Kier alpha value is -2.40. The van der Waals surface area contributed by atoms with Crippen LogP contribution in [0.2, 0.25) is 0 Å². The van der Waals surface area contributed by atoms with Gasteiger partial charge in [0.15, 0.2) is 0 Å². The smallest absolute Gasteiger partial charge is 0.144 e. The van der Waals surface area contributed by atoms with E-state index in [0.29, 0.717) is 0 Å². The van der Waals surface area contributed by atoms with Crippen LogP contribution < -0.4 is 0 Å². The highest BCUT2D eigenvalue weighted by molar-refractivity contribution is 7.71. The number of rotatable bonds is 4. The molecular formula is C17H14FNO2S. The number of nitrogens with zero attached hydrogens (tertiary/aromatic N) is 1. The number of hydrogen-bond acceptors (Lipinski definition) is 2. The number of halogens is 1. The molecule has 0 spiro atoms. The van der Waals surface area contributed by atoms with E-state index in [1.165, 1.54) is 12.1 Å². The molecule has 0 aliphatic rings. The Balaban J connectivity index is 1.96. The van der Waals surface area contributed by atoms with Gasteiger partial charge in [-0.3, -0.25) is 0 Å². The minimum absolute atomic E-state index is 0.0477. The van der Waals surface area contributed by atoms with Gasteiger partial charge in [0.1, 0.15) is 16.5 Å². The summed E-state index contributed by atoms with van der Waals surface area (Å²) >= 11 is 0. The zero-order valence-corrected chi connectivity index (χ0v) is 12.5. The molecule has 0 aliphatic heterocycles. The maximum Gasteiger partial charge on any atom is 0.144 e. The topological polar surface area (TPSA) is 39.1 Å². The van der Waals surface area contributed by atoms with E-state index in [4.69, 9.17) is 0 Å². The Morgan fingerprint density at radius 1 is 0.909 bits per heavy atom. The van der Waals surface area contributed by atoms with Crippen molar-refractivity contribution in [2.45, 2.75) is 5.75 Å². The molecule has 0 bridgehead atoms. The molecule has 2 aromatic carbocycles. The number of benzene rings is 2. The van der Waals surface area contributed by atoms with Crippen molar-refractivity contribution >= 4 is 10.7 Å². The van der Waals surface area contributed by atoms with Crippen LogP contribution in [0.1, 0.15) is 5.56 Å². The normalized spacial score (nSPS) is 11.0. The van der Waals surface area contributed by atoms with Gasteiger partial charge in [-0.2, -0.15) is 0 Å². The van der Waals surface area contributed by atoms with Crippen LogP contribution >= 0.6 is 0 Å². The van der Waals surface area contributed by atoms with Crippen LogP contribution in [0.5, 0.6) is 0 Å². The fourth-order valence-corrected chi connectivity index (χ4v) is 2.88. The molecule has 0 unspecified atom stereocenters. The summed E-state index contributed by atoms with van der Waals surface area (Å²) < 4.78 is 36.5. The van der Waals surface area contributed by atoms with Gasteiger partial charge in [0.05, 0.1) is 11.4 Å². The molecule has 0 radical (unpaired) electrons. The molecule has 5 heteroatoms. The average Bonchev–Trinajstić information content (AvgIpc) is 2.97. The first-order valence-corrected chi connectivity index (χ1v) is 8.14. The van der Waals surface area contributed by atoms with Crippen molar-refractivity contribution in [3.05, 3.63) is 78.2 Å². The molecule has 0 amide bonds. The van der Waals surface area contributed by atoms with E-state index >= 15 is 0 Å². The van der Waals surface area contributed by atoms with Gasteiger partial charge in [0.25, 0.3) is 0 Å². The van der Waals surface area contributed by atoms with E-state index in [0.717, 1.165) is 22.5 Å². The quantitative estimate of drug-likeness (QED) is 0.750. The van der Waals surface area contributed by atoms with Gasteiger partial charge in [0.2, 0.25) is 0 Å². The van der Waals surface area contributed by atoms with Gasteiger partial charge in [-0.15, -0.1) is 0 Å². The van der Waals surface area contributed by atoms with Crippen LogP contribution in [-0.4, -0.2) is 13.0 Å². The molecule has 0 aliphatic carbocycles. The SMILES string of the molecule is O=[SH](=O)Cc1ccc(-n2cccc2-c2ccc(F)cc2)cc1.